The van der Waals surface area contributed by atoms with Gasteiger partial charge in [-0.25, -0.2) is 9.97 Å². The molecule has 1 N–H and O–H groups in total. The third kappa shape index (κ3) is 4.78. The van der Waals surface area contributed by atoms with Crippen LogP contribution in [0.3, 0.4) is 0 Å². The number of aryl methyl sites for hydroxylation is 3. The van der Waals surface area contributed by atoms with E-state index in [9.17, 15) is 9.59 Å². The Balaban J connectivity index is 1.34. The predicted octanol–water partition coefficient (Wildman–Crippen LogP) is 3.21. The minimum atomic E-state index is -0.0237. The average molecular weight is 432 g/mol. The summed E-state index contributed by atoms with van der Waals surface area (Å²) in [5.41, 5.74) is 5.93. The van der Waals surface area contributed by atoms with Crippen molar-refractivity contribution in [1.82, 2.24) is 19.8 Å². The molecular weight excluding hydrogens is 402 g/mol. The molecule has 1 fully saturated rings. The van der Waals surface area contributed by atoms with Crippen molar-refractivity contribution < 1.29 is 9.59 Å². The van der Waals surface area contributed by atoms with Crippen molar-refractivity contribution in [2.75, 3.05) is 38.0 Å². The Morgan fingerprint density at radius 3 is 2.34 bits per heavy atom. The number of carbonyl (C=O) groups is 2. The van der Waals surface area contributed by atoms with E-state index in [0.29, 0.717) is 38.3 Å². The first-order chi connectivity index (χ1) is 15.4. The second-order valence-electron chi connectivity index (χ2n) is 8.23. The molecule has 1 aliphatic rings. The van der Waals surface area contributed by atoms with Crippen molar-refractivity contribution in [3.8, 4) is 0 Å². The van der Waals surface area contributed by atoms with Crippen LogP contribution in [0, 0.1) is 13.8 Å². The smallest absolute Gasteiger partial charge is 0.254 e. The van der Waals surface area contributed by atoms with Crippen LogP contribution in [0.4, 0.5) is 5.69 Å². The van der Waals surface area contributed by atoms with E-state index in [-0.39, 0.29) is 11.8 Å². The van der Waals surface area contributed by atoms with E-state index in [4.69, 9.17) is 0 Å². The molecule has 1 aromatic heterocycles. The van der Waals surface area contributed by atoms with Crippen LogP contribution in [0.5, 0.6) is 0 Å². The number of nitrogens with one attached hydrogen (secondary N) is 1. The summed E-state index contributed by atoms with van der Waals surface area (Å²) in [4.78, 5) is 38.6. The summed E-state index contributed by atoms with van der Waals surface area (Å²) >= 11 is 0. The van der Waals surface area contributed by atoms with Crippen molar-refractivity contribution in [1.29, 1.82) is 0 Å². The molecule has 0 unspecified atom stereocenters. The standard InChI is InChI=1S/C25H29N5O2/c1-4-19-7-5-6-8-21(19)28-24(31)16-29-11-13-30(14-12-29)25(32)20-9-10-22-23(15-20)27-18(3)17(2)26-22/h5-10,15H,4,11-14,16H2,1-3H3,(H,28,31). The van der Waals surface area contributed by atoms with Crippen LogP contribution < -0.4 is 5.32 Å². The zero-order chi connectivity index (χ0) is 22.7. The van der Waals surface area contributed by atoms with E-state index in [1.54, 1.807) is 0 Å². The van der Waals surface area contributed by atoms with E-state index in [1.165, 1.54) is 0 Å². The Morgan fingerprint density at radius 1 is 0.938 bits per heavy atom. The van der Waals surface area contributed by atoms with E-state index >= 15 is 0 Å². The van der Waals surface area contributed by atoms with Gasteiger partial charge in [-0.05, 0) is 50.1 Å². The molecule has 32 heavy (non-hydrogen) atoms. The molecule has 0 atom stereocenters. The number of piperazine rings is 1. The molecular formula is C25H29N5O2. The summed E-state index contributed by atoms with van der Waals surface area (Å²) in [7, 11) is 0. The third-order valence-electron chi connectivity index (χ3n) is 6.02. The zero-order valence-corrected chi connectivity index (χ0v) is 18.9. The third-order valence-corrected chi connectivity index (χ3v) is 6.02. The summed E-state index contributed by atoms with van der Waals surface area (Å²) in [6.45, 7) is 8.77. The molecule has 7 heteroatoms. The maximum Gasteiger partial charge on any atom is 0.254 e. The summed E-state index contributed by atoms with van der Waals surface area (Å²) in [5.74, 6) is -0.0302. The molecule has 166 valence electrons. The normalized spacial score (nSPS) is 14.5. The second-order valence-corrected chi connectivity index (χ2v) is 8.23. The summed E-state index contributed by atoms with van der Waals surface area (Å²) < 4.78 is 0. The number of amides is 2. The van der Waals surface area contributed by atoms with Crippen LogP contribution in [-0.4, -0.2) is 64.3 Å². The molecule has 0 bridgehead atoms. The molecule has 0 aliphatic carbocycles. The van der Waals surface area contributed by atoms with Crippen molar-refractivity contribution in [3.05, 3.63) is 65.0 Å². The van der Waals surface area contributed by atoms with E-state index in [0.717, 1.165) is 40.1 Å². The van der Waals surface area contributed by atoms with Gasteiger partial charge in [-0.1, -0.05) is 25.1 Å². The molecule has 7 nitrogen and oxygen atoms in total. The lowest BCUT2D eigenvalue weighted by molar-refractivity contribution is -0.117. The topological polar surface area (TPSA) is 78.4 Å². The highest BCUT2D eigenvalue weighted by Crippen LogP contribution is 2.18. The Morgan fingerprint density at radius 2 is 1.62 bits per heavy atom. The lowest BCUT2D eigenvalue weighted by Crippen LogP contribution is -2.50. The van der Waals surface area contributed by atoms with Gasteiger partial charge in [0.05, 0.1) is 29.0 Å². The van der Waals surface area contributed by atoms with Crippen LogP contribution in [-0.2, 0) is 11.2 Å². The van der Waals surface area contributed by atoms with Crippen LogP contribution >= 0.6 is 0 Å². The molecule has 2 aromatic carbocycles. The van der Waals surface area contributed by atoms with Gasteiger partial charge in [-0.3, -0.25) is 14.5 Å². The summed E-state index contributed by atoms with van der Waals surface area (Å²) in [5, 5.41) is 3.02. The number of anilines is 1. The fourth-order valence-electron chi connectivity index (χ4n) is 4.00. The highest BCUT2D eigenvalue weighted by Gasteiger charge is 2.24. The molecule has 0 radical (unpaired) electrons. The SMILES string of the molecule is CCc1ccccc1NC(=O)CN1CCN(C(=O)c2ccc3nc(C)c(C)nc3c2)CC1. The van der Waals surface area contributed by atoms with Crippen molar-refractivity contribution in [2.45, 2.75) is 27.2 Å². The van der Waals surface area contributed by atoms with Crippen molar-refractivity contribution in [3.63, 3.8) is 0 Å². The van der Waals surface area contributed by atoms with Gasteiger partial charge < -0.3 is 10.2 Å². The number of fused-ring (bicyclic) bond motifs is 1. The number of para-hydroxylation sites is 1. The van der Waals surface area contributed by atoms with Crippen LogP contribution in [0.25, 0.3) is 11.0 Å². The van der Waals surface area contributed by atoms with E-state index < -0.39 is 0 Å². The van der Waals surface area contributed by atoms with Gasteiger partial charge in [0, 0.05) is 37.4 Å². The lowest BCUT2D eigenvalue weighted by atomic mass is 10.1. The van der Waals surface area contributed by atoms with Gasteiger partial charge >= 0.3 is 0 Å². The Hall–Kier alpha value is -3.32. The number of hydrogen-bond donors (Lipinski definition) is 1. The largest absolute Gasteiger partial charge is 0.336 e. The van der Waals surface area contributed by atoms with Crippen LogP contribution in [0.1, 0.15) is 34.2 Å². The van der Waals surface area contributed by atoms with Gasteiger partial charge in [0.1, 0.15) is 0 Å². The molecule has 0 spiro atoms. The first kappa shape index (κ1) is 21.9. The van der Waals surface area contributed by atoms with Crippen LogP contribution in [0.2, 0.25) is 0 Å². The van der Waals surface area contributed by atoms with Gasteiger partial charge in [0.15, 0.2) is 0 Å². The fourth-order valence-corrected chi connectivity index (χ4v) is 4.00. The van der Waals surface area contributed by atoms with Crippen molar-refractivity contribution >= 4 is 28.5 Å². The first-order valence-electron chi connectivity index (χ1n) is 11.1. The second kappa shape index (κ2) is 9.44. The average Bonchev–Trinajstić information content (AvgIpc) is 2.80. The van der Waals surface area contributed by atoms with Crippen LogP contribution in [0.15, 0.2) is 42.5 Å². The predicted molar refractivity (Wildman–Crippen MR) is 126 cm³/mol. The monoisotopic (exact) mass is 431 g/mol. The molecule has 0 saturated carbocycles. The van der Waals surface area contributed by atoms with Crippen molar-refractivity contribution in [2.24, 2.45) is 0 Å². The number of benzene rings is 2. The quantitative estimate of drug-likeness (QED) is 0.671. The number of nitrogens with zero attached hydrogens (tertiary/aromatic N) is 4. The molecule has 2 heterocycles. The maximum atomic E-state index is 13.0. The van der Waals surface area contributed by atoms with E-state index in [1.807, 2.05) is 61.2 Å². The molecule has 3 aromatic rings. The number of carbonyl (C=O) groups excluding carboxylic acids is 2. The zero-order valence-electron chi connectivity index (χ0n) is 18.9. The molecule has 4 rings (SSSR count). The number of hydrogen-bond acceptors (Lipinski definition) is 5. The Labute approximate surface area is 188 Å². The number of rotatable bonds is 5. The minimum Gasteiger partial charge on any atom is -0.336 e. The Bertz CT molecular complexity index is 1150. The van der Waals surface area contributed by atoms with Gasteiger partial charge in [0.2, 0.25) is 5.91 Å². The maximum absolute atomic E-state index is 13.0. The van der Waals surface area contributed by atoms with Gasteiger partial charge in [-0.2, -0.15) is 0 Å². The lowest BCUT2D eigenvalue weighted by Gasteiger charge is -2.34. The highest BCUT2D eigenvalue weighted by atomic mass is 16.2. The summed E-state index contributed by atoms with van der Waals surface area (Å²) in [6, 6.07) is 13.4. The Kier molecular flexibility index (Phi) is 6.46. The minimum absolute atomic E-state index is 0.00657. The summed E-state index contributed by atoms with van der Waals surface area (Å²) in [6.07, 6.45) is 0.872. The first-order valence-corrected chi connectivity index (χ1v) is 11.1. The highest BCUT2D eigenvalue weighted by molar-refractivity contribution is 5.97. The van der Waals surface area contributed by atoms with Gasteiger partial charge in [0.25, 0.3) is 5.91 Å². The molecule has 1 saturated heterocycles. The molecule has 2 amide bonds. The molecule has 1 aliphatic heterocycles. The van der Waals surface area contributed by atoms with Gasteiger partial charge in [-0.15, -0.1) is 0 Å². The fraction of sp³-hybridized carbons (Fsp3) is 0.360. The number of aromatic nitrogens is 2. The van der Waals surface area contributed by atoms with E-state index in [2.05, 4.69) is 27.1 Å².